The number of hydrogen-bond acceptors (Lipinski definition) is 7. The Morgan fingerprint density at radius 1 is 1.09 bits per heavy atom. The van der Waals surface area contributed by atoms with E-state index in [1.165, 1.54) is 0 Å². The second-order valence-corrected chi connectivity index (χ2v) is 8.25. The van der Waals surface area contributed by atoms with E-state index in [0.717, 1.165) is 36.9 Å². The van der Waals surface area contributed by atoms with Gasteiger partial charge in [-0.25, -0.2) is 9.97 Å². The number of hydrogen-bond donors (Lipinski definition) is 1. The van der Waals surface area contributed by atoms with Gasteiger partial charge >= 0.3 is 0 Å². The van der Waals surface area contributed by atoms with Gasteiger partial charge < -0.3 is 24.4 Å². The van der Waals surface area contributed by atoms with Crippen LogP contribution < -0.4 is 19.5 Å². The fourth-order valence-electron chi connectivity index (χ4n) is 4.32. The zero-order valence-corrected chi connectivity index (χ0v) is 19.8. The van der Waals surface area contributed by atoms with Crippen molar-refractivity contribution >= 4 is 28.3 Å². The lowest BCUT2D eigenvalue weighted by Crippen LogP contribution is -2.42. The van der Waals surface area contributed by atoms with Crippen LogP contribution in [0, 0.1) is 6.92 Å². The molecular weight excluding hydrogens is 420 g/mol. The standard InChI is InChI=1S/C25H30N4O4/c1-15-9-10-18-22(28-17-12-20(31-3)23(33-5)21(13-17)32-4)19(14-26-24(18)27-15)25(30)29-11-7-6-8-16(29)2/h9-10,12-14,16H,6-8,11H2,1-5H3,(H,26,27,28)/t16-/m1/s1. The van der Waals surface area contributed by atoms with Crippen molar-refractivity contribution in [3.8, 4) is 17.2 Å². The van der Waals surface area contributed by atoms with Gasteiger partial charge in [0.05, 0.1) is 32.6 Å². The highest BCUT2D eigenvalue weighted by atomic mass is 16.5. The topological polar surface area (TPSA) is 85.8 Å². The van der Waals surface area contributed by atoms with Crippen molar-refractivity contribution in [1.29, 1.82) is 0 Å². The average Bonchev–Trinajstić information content (AvgIpc) is 2.83. The summed E-state index contributed by atoms with van der Waals surface area (Å²) in [5.41, 5.74) is 3.30. The van der Waals surface area contributed by atoms with Crippen LogP contribution in [0.5, 0.6) is 17.2 Å². The third kappa shape index (κ3) is 4.37. The average molecular weight is 451 g/mol. The first kappa shape index (κ1) is 22.6. The van der Waals surface area contributed by atoms with Crippen LogP contribution in [0.1, 0.15) is 42.2 Å². The zero-order valence-electron chi connectivity index (χ0n) is 19.8. The molecule has 3 aromatic rings. The maximum atomic E-state index is 13.6. The molecule has 1 aliphatic heterocycles. The lowest BCUT2D eigenvalue weighted by atomic mass is 10.0. The van der Waals surface area contributed by atoms with Gasteiger partial charge in [-0.05, 0) is 45.2 Å². The van der Waals surface area contributed by atoms with E-state index in [9.17, 15) is 4.79 Å². The molecule has 33 heavy (non-hydrogen) atoms. The van der Waals surface area contributed by atoms with E-state index in [4.69, 9.17) is 14.2 Å². The Hall–Kier alpha value is -3.55. The molecule has 0 spiro atoms. The highest BCUT2D eigenvalue weighted by Crippen LogP contribution is 2.41. The van der Waals surface area contributed by atoms with Crippen LogP contribution in [0.15, 0.2) is 30.5 Å². The van der Waals surface area contributed by atoms with Crippen molar-refractivity contribution in [2.45, 2.75) is 39.2 Å². The van der Waals surface area contributed by atoms with E-state index in [2.05, 4.69) is 22.2 Å². The Morgan fingerprint density at radius 3 is 2.45 bits per heavy atom. The van der Waals surface area contributed by atoms with Crippen molar-refractivity contribution in [2.75, 3.05) is 33.2 Å². The van der Waals surface area contributed by atoms with Crippen molar-refractivity contribution in [3.05, 3.63) is 41.7 Å². The number of anilines is 2. The first-order valence-corrected chi connectivity index (χ1v) is 11.1. The molecule has 0 unspecified atom stereocenters. The second kappa shape index (κ2) is 9.52. The SMILES string of the molecule is COc1cc(Nc2c(C(=O)N3CCCC[C@H]3C)cnc3nc(C)ccc23)cc(OC)c1OC. The monoisotopic (exact) mass is 450 g/mol. The molecule has 1 aromatic carbocycles. The van der Waals surface area contributed by atoms with E-state index >= 15 is 0 Å². The van der Waals surface area contributed by atoms with Crippen LogP contribution >= 0.6 is 0 Å². The van der Waals surface area contributed by atoms with Crippen LogP contribution in [0.3, 0.4) is 0 Å². The predicted octanol–water partition coefficient (Wildman–Crippen LogP) is 4.72. The van der Waals surface area contributed by atoms with Crippen molar-refractivity contribution < 1.29 is 19.0 Å². The number of carbonyl (C=O) groups excluding carboxylic acids is 1. The number of pyridine rings is 2. The number of amides is 1. The molecule has 1 atom stereocenters. The van der Waals surface area contributed by atoms with Crippen molar-refractivity contribution in [2.24, 2.45) is 0 Å². The number of benzene rings is 1. The molecular formula is C25H30N4O4. The fourth-order valence-corrected chi connectivity index (χ4v) is 4.32. The first-order valence-electron chi connectivity index (χ1n) is 11.1. The third-order valence-electron chi connectivity index (χ3n) is 6.10. The highest BCUT2D eigenvalue weighted by molar-refractivity contribution is 6.07. The quantitative estimate of drug-likeness (QED) is 0.581. The van der Waals surface area contributed by atoms with Gasteiger partial charge in [0.2, 0.25) is 5.75 Å². The van der Waals surface area contributed by atoms with E-state index in [-0.39, 0.29) is 11.9 Å². The number of fused-ring (bicyclic) bond motifs is 1. The van der Waals surface area contributed by atoms with Crippen molar-refractivity contribution in [3.63, 3.8) is 0 Å². The number of methoxy groups -OCH3 is 3. The molecule has 0 radical (unpaired) electrons. The smallest absolute Gasteiger partial charge is 0.257 e. The minimum absolute atomic E-state index is 0.0351. The normalized spacial score (nSPS) is 15.9. The summed E-state index contributed by atoms with van der Waals surface area (Å²) in [6.45, 7) is 4.76. The van der Waals surface area contributed by atoms with Gasteiger partial charge in [0.15, 0.2) is 17.1 Å². The maximum Gasteiger partial charge on any atom is 0.257 e. The molecule has 3 heterocycles. The number of rotatable bonds is 6. The summed E-state index contributed by atoms with van der Waals surface area (Å²) in [6, 6.07) is 7.68. The highest BCUT2D eigenvalue weighted by Gasteiger charge is 2.27. The summed E-state index contributed by atoms with van der Waals surface area (Å²) in [5, 5.41) is 4.20. The maximum absolute atomic E-state index is 13.6. The Bertz CT molecular complexity index is 1160. The van der Waals surface area contributed by atoms with Gasteiger partial charge in [0, 0.05) is 47.7 Å². The molecule has 1 saturated heterocycles. The number of piperidine rings is 1. The van der Waals surface area contributed by atoms with Crippen LogP contribution in [0.2, 0.25) is 0 Å². The minimum Gasteiger partial charge on any atom is -0.493 e. The van der Waals surface area contributed by atoms with Crippen LogP contribution in [0.4, 0.5) is 11.4 Å². The number of carbonyl (C=O) groups is 1. The molecule has 4 rings (SSSR count). The van der Waals surface area contributed by atoms with Gasteiger partial charge in [-0.15, -0.1) is 0 Å². The van der Waals surface area contributed by atoms with E-state index in [0.29, 0.717) is 39.8 Å². The summed E-state index contributed by atoms with van der Waals surface area (Å²) in [5.74, 6) is 1.50. The van der Waals surface area contributed by atoms with E-state index in [1.807, 2.05) is 36.1 Å². The molecule has 1 N–H and O–H groups in total. The van der Waals surface area contributed by atoms with E-state index < -0.39 is 0 Å². The van der Waals surface area contributed by atoms with Gasteiger partial charge in [0.1, 0.15) is 0 Å². The van der Waals surface area contributed by atoms with E-state index in [1.54, 1.807) is 27.5 Å². The van der Waals surface area contributed by atoms with Crippen LogP contribution in [-0.2, 0) is 0 Å². The lowest BCUT2D eigenvalue weighted by Gasteiger charge is -2.34. The molecule has 0 aliphatic carbocycles. The van der Waals surface area contributed by atoms with Crippen LogP contribution in [0.25, 0.3) is 11.0 Å². The summed E-state index contributed by atoms with van der Waals surface area (Å²) in [6.07, 6.45) is 4.77. The second-order valence-electron chi connectivity index (χ2n) is 8.25. The Labute approximate surface area is 193 Å². The molecule has 1 amide bonds. The third-order valence-corrected chi connectivity index (χ3v) is 6.10. The number of likely N-dealkylation sites (tertiary alicyclic amines) is 1. The fraction of sp³-hybridized carbons (Fsp3) is 0.400. The largest absolute Gasteiger partial charge is 0.493 e. The summed E-state index contributed by atoms with van der Waals surface area (Å²) in [4.78, 5) is 24.6. The zero-order chi connectivity index (χ0) is 23.5. The predicted molar refractivity (Wildman–Crippen MR) is 128 cm³/mol. The van der Waals surface area contributed by atoms with Crippen LogP contribution in [-0.4, -0.2) is 54.7 Å². The number of ether oxygens (including phenoxy) is 3. The van der Waals surface area contributed by atoms with Gasteiger partial charge in [-0.3, -0.25) is 4.79 Å². The summed E-state index contributed by atoms with van der Waals surface area (Å²) < 4.78 is 16.4. The molecule has 1 fully saturated rings. The molecule has 0 bridgehead atoms. The molecule has 1 aliphatic rings. The van der Waals surface area contributed by atoms with Gasteiger partial charge in [-0.1, -0.05) is 0 Å². The Kier molecular flexibility index (Phi) is 6.53. The molecule has 8 nitrogen and oxygen atoms in total. The minimum atomic E-state index is -0.0351. The van der Waals surface area contributed by atoms with Gasteiger partial charge in [0.25, 0.3) is 5.91 Å². The van der Waals surface area contributed by atoms with Gasteiger partial charge in [-0.2, -0.15) is 0 Å². The lowest BCUT2D eigenvalue weighted by molar-refractivity contribution is 0.0636. The number of nitrogens with one attached hydrogen (secondary N) is 1. The summed E-state index contributed by atoms with van der Waals surface area (Å²) >= 11 is 0. The van der Waals surface area contributed by atoms with Crippen molar-refractivity contribution in [1.82, 2.24) is 14.9 Å². The number of nitrogens with zero attached hydrogens (tertiary/aromatic N) is 3. The Balaban J connectivity index is 1.85. The molecule has 2 aromatic heterocycles. The molecule has 174 valence electrons. The molecule has 0 saturated carbocycles. The number of aryl methyl sites for hydroxylation is 1. The first-order chi connectivity index (χ1) is 16.0. The molecule has 8 heteroatoms. The summed E-state index contributed by atoms with van der Waals surface area (Å²) in [7, 11) is 4.71. The number of aromatic nitrogens is 2. The Morgan fingerprint density at radius 2 is 1.82 bits per heavy atom.